The van der Waals surface area contributed by atoms with Crippen molar-refractivity contribution >= 4 is 0 Å². The van der Waals surface area contributed by atoms with Crippen molar-refractivity contribution in [3.8, 4) is 0 Å². The molecule has 1 aliphatic heterocycles. The normalized spacial score (nSPS) is 24.6. The first kappa shape index (κ1) is 7.98. The molecule has 3 heteroatoms. The van der Waals surface area contributed by atoms with Gasteiger partial charge in [0, 0.05) is 33.2 Å². The van der Waals surface area contributed by atoms with Gasteiger partial charge < -0.3 is 14.6 Å². The third kappa shape index (κ3) is 1.94. The summed E-state index contributed by atoms with van der Waals surface area (Å²) in [5.41, 5.74) is -0.618. The van der Waals surface area contributed by atoms with Crippen molar-refractivity contribution in [1.82, 2.24) is 0 Å². The van der Waals surface area contributed by atoms with Crippen LogP contribution in [-0.2, 0) is 9.47 Å². The van der Waals surface area contributed by atoms with Crippen LogP contribution < -0.4 is 0 Å². The molecule has 0 aromatic heterocycles. The molecular weight excluding hydrogens is 132 g/mol. The zero-order valence-corrected chi connectivity index (χ0v) is 6.30. The van der Waals surface area contributed by atoms with Gasteiger partial charge in [-0.15, -0.1) is 0 Å². The molecule has 0 unspecified atom stereocenters. The molecule has 0 aromatic carbocycles. The van der Waals surface area contributed by atoms with E-state index in [1.807, 2.05) is 0 Å². The van der Waals surface area contributed by atoms with Crippen LogP contribution in [0.25, 0.3) is 0 Å². The number of aliphatic hydroxyl groups is 1. The minimum atomic E-state index is -0.618. The van der Waals surface area contributed by atoms with E-state index < -0.39 is 5.60 Å². The number of hydrogen-bond acceptors (Lipinski definition) is 3. The topological polar surface area (TPSA) is 38.7 Å². The molecular formula is C7H14O3. The Labute approximate surface area is 60.9 Å². The van der Waals surface area contributed by atoms with E-state index in [9.17, 15) is 5.11 Å². The average Bonchev–Trinajstić information content (AvgIpc) is 1.89. The molecule has 1 fully saturated rings. The van der Waals surface area contributed by atoms with Crippen LogP contribution >= 0.6 is 0 Å². The Morgan fingerprint density at radius 2 is 2.10 bits per heavy atom. The zero-order valence-electron chi connectivity index (χ0n) is 6.30. The van der Waals surface area contributed by atoms with E-state index in [-0.39, 0.29) is 0 Å². The Hall–Kier alpha value is -0.120. The van der Waals surface area contributed by atoms with Gasteiger partial charge in [-0.1, -0.05) is 0 Å². The highest BCUT2D eigenvalue weighted by atomic mass is 16.5. The molecule has 3 nitrogen and oxygen atoms in total. The quantitative estimate of drug-likeness (QED) is 0.603. The number of methoxy groups -OCH3 is 1. The Morgan fingerprint density at radius 1 is 1.50 bits per heavy atom. The van der Waals surface area contributed by atoms with Crippen molar-refractivity contribution < 1.29 is 14.6 Å². The van der Waals surface area contributed by atoms with Crippen molar-refractivity contribution in [3.63, 3.8) is 0 Å². The minimum absolute atomic E-state index is 0.427. The summed E-state index contributed by atoms with van der Waals surface area (Å²) in [5, 5.41) is 9.67. The molecule has 1 N–H and O–H groups in total. The zero-order chi connectivity index (χ0) is 7.45. The average molecular weight is 146 g/mol. The molecule has 0 spiro atoms. The van der Waals surface area contributed by atoms with Crippen LogP contribution in [0.2, 0.25) is 0 Å². The fraction of sp³-hybridized carbons (Fsp3) is 1.00. The van der Waals surface area contributed by atoms with Gasteiger partial charge in [0.2, 0.25) is 0 Å². The lowest BCUT2D eigenvalue weighted by Crippen LogP contribution is -2.40. The first-order valence-electron chi connectivity index (χ1n) is 3.56. The van der Waals surface area contributed by atoms with Gasteiger partial charge in [0.15, 0.2) is 0 Å². The van der Waals surface area contributed by atoms with E-state index in [1.54, 1.807) is 7.11 Å². The number of rotatable bonds is 2. The van der Waals surface area contributed by atoms with E-state index >= 15 is 0 Å². The summed E-state index contributed by atoms with van der Waals surface area (Å²) in [6, 6.07) is 0. The summed E-state index contributed by atoms with van der Waals surface area (Å²) in [4.78, 5) is 0. The molecule has 1 heterocycles. The van der Waals surface area contributed by atoms with Crippen molar-refractivity contribution in [2.24, 2.45) is 0 Å². The molecule has 0 bridgehead atoms. The van der Waals surface area contributed by atoms with Crippen LogP contribution in [0.1, 0.15) is 12.8 Å². The predicted octanol–water partition coefficient (Wildman–Crippen LogP) is 0.174. The maximum Gasteiger partial charge on any atom is 0.0923 e. The van der Waals surface area contributed by atoms with E-state index in [0.29, 0.717) is 32.7 Å². The third-order valence-corrected chi connectivity index (χ3v) is 1.84. The van der Waals surface area contributed by atoms with E-state index in [0.717, 1.165) is 0 Å². The van der Waals surface area contributed by atoms with Crippen molar-refractivity contribution in [2.45, 2.75) is 18.4 Å². The monoisotopic (exact) mass is 146 g/mol. The van der Waals surface area contributed by atoms with Crippen LogP contribution in [0.15, 0.2) is 0 Å². The highest BCUT2D eigenvalue weighted by Crippen LogP contribution is 2.19. The lowest BCUT2D eigenvalue weighted by atomic mass is 9.96. The van der Waals surface area contributed by atoms with Crippen LogP contribution in [0, 0.1) is 0 Å². The summed E-state index contributed by atoms with van der Waals surface area (Å²) in [5.74, 6) is 0. The second kappa shape index (κ2) is 3.32. The maximum atomic E-state index is 9.67. The predicted molar refractivity (Wildman–Crippen MR) is 36.9 cm³/mol. The molecule has 0 radical (unpaired) electrons. The third-order valence-electron chi connectivity index (χ3n) is 1.84. The van der Waals surface area contributed by atoms with Gasteiger partial charge in [-0.25, -0.2) is 0 Å². The molecule has 1 rings (SSSR count). The van der Waals surface area contributed by atoms with E-state index in [2.05, 4.69) is 0 Å². The largest absolute Gasteiger partial charge is 0.387 e. The first-order valence-corrected chi connectivity index (χ1v) is 3.56. The van der Waals surface area contributed by atoms with E-state index in [1.165, 1.54) is 0 Å². The van der Waals surface area contributed by atoms with Crippen LogP contribution in [-0.4, -0.2) is 37.6 Å². The van der Waals surface area contributed by atoms with Gasteiger partial charge in [0.25, 0.3) is 0 Å². The minimum Gasteiger partial charge on any atom is -0.387 e. The van der Waals surface area contributed by atoms with Gasteiger partial charge in [0.1, 0.15) is 0 Å². The Kier molecular flexibility index (Phi) is 2.65. The van der Waals surface area contributed by atoms with Gasteiger partial charge in [-0.3, -0.25) is 0 Å². The van der Waals surface area contributed by atoms with Crippen LogP contribution in [0.3, 0.4) is 0 Å². The van der Waals surface area contributed by atoms with Crippen molar-refractivity contribution in [3.05, 3.63) is 0 Å². The molecule has 1 aliphatic rings. The van der Waals surface area contributed by atoms with Gasteiger partial charge in [-0.05, 0) is 0 Å². The summed E-state index contributed by atoms with van der Waals surface area (Å²) in [7, 11) is 1.60. The number of ether oxygens (including phenoxy) is 2. The van der Waals surface area contributed by atoms with Crippen molar-refractivity contribution in [2.75, 3.05) is 26.9 Å². The molecule has 60 valence electrons. The molecule has 0 atom stereocenters. The second-order valence-corrected chi connectivity index (χ2v) is 2.77. The highest BCUT2D eigenvalue weighted by Gasteiger charge is 2.29. The Bertz CT molecular complexity index is 91.5. The maximum absolute atomic E-state index is 9.67. The smallest absolute Gasteiger partial charge is 0.0923 e. The fourth-order valence-electron chi connectivity index (χ4n) is 1.16. The Morgan fingerprint density at radius 3 is 2.60 bits per heavy atom. The number of hydrogen-bond donors (Lipinski definition) is 1. The van der Waals surface area contributed by atoms with Gasteiger partial charge >= 0.3 is 0 Å². The van der Waals surface area contributed by atoms with Gasteiger partial charge in [-0.2, -0.15) is 0 Å². The first-order chi connectivity index (χ1) is 4.77. The highest BCUT2D eigenvalue weighted by molar-refractivity contribution is 4.80. The molecule has 10 heavy (non-hydrogen) atoms. The molecule has 1 saturated heterocycles. The Balaban J connectivity index is 2.32. The molecule has 0 aromatic rings. The fourth-order valence-corrected chi connectivity index (χ4v) is 1.16. The lowest BCUT2D eigenvalue weighted by Gasteiger charge is -2.30. The van der Waals surface area contributed by atoms with Crippen molar-refractivity contribution in [1.29, 1.82) is 0 Å². The molecule has 0 amide bonds. The molecule has 0 aliphatic carbocycles. The summed E-state index contributed by atoms with van der Waals surface area (Å²) in [6.07, 6.45) is 1.39. The second-order valence-electron chi connectivity index (χ2n) is 2.77. The SMILES string of the molecule is COCC1(O)CCOCC1. The van der Waals surface area contributed by atoms with Gasteiger partial charge in [0.05, 0.1) is 12.2 Å². The summed E-state index contributed by atoms with van der Waals surface area (Å²) < 4.78 is 9.97. The lowest BCUT2D eigenvalue weighted by molar-refractivity contribution is -0.0992. The summed E-state index contributed by atoms with van der Waals surface area (Å²) >= 11 is 0. The van der Waals surface area contributed by atoms with E-state index in [4.69, 9.17) is 9.47 Å². The standard InChI is InChI=1S/C7H14O3/c1-9-6-7(8)2-4-10-5-3-7/h8H,2-6H2,1H3. The summed E-state index contributed by atoms with van der Waals surface area (Å²) in [6.45, 7) is 1.73. The van der Waals surface area contributed by atoms with Crippen LogP contribution in [0.5, 0.6) is 0 Å². The molecule has 0 saturated carbocycles. The van der Waals surface area contributed by atoms with Crippen LogP contribution in [0.4, 0.5) is 0 Å².